The maximum atomic E-state index is 10.7. The van der Waals surface area contributed by atoms with Crippen molar-refractivity contribution in [2.75, 3.05) is 6.61 Å². The first-order chi connectivity index (χ1) is 7.57. The Hall–Kier alpha value is -0.580. The van der Waals surface area contributed by atoms with Gasteiger partial charge in [-0.25, -0.2) is 0 Å². The van der Waals surface area contributed by atoms with E-state index in [-0.39, 0.29) is 6.10 Å². The molecule has 1 saturated heterocycles. The van der Waals surface area contributed by atoms with Crippen LogP contribution in [0, 0.1) is 0 Å². The molecule has 1 aromatic rings. The summed E-state index contributed by atoms with van der Waals surface area (Å²) in [6, 6.07) is 0. The van der Waals surface area contributed by atoms with Crippen LogP contribution in [0.3, 0.4) is 0 Å². The molecular weight excluding hydrogens is 228 g/mol. The molecule has 2 rings (SSSR count). The molecule has 2 atom stereocenters. The first-order valence-electron chi connectivity index (χ1n) is 5.59. The monoisotopic (exact) mass is 244 g/mol. The Morgan fingerprint density at radius 1 is 1.75 bits per heavy atom. The van der Waals surface area contributed by atoms with E-state index >= 15 is 0 Å². The lowest BCUT2D eigenvalue weighted by atomic mass is 9.86. The van der Waals surface area contributed by atoms with Crippen molar-refractivity contribution < 1.29 is 9.84 Å². The average molecular weight is 245 g/mol. The average Bonchev–Trinajstić information content (AvgIpc) is 2.59. The lowest BCUT2D eigenvalue weighted by Crippen LogP contribution is -2.40. The molecule has 2 heterocycles. The van der Waals surface area contributed by atoms with Crippen molar-refractivity contribution in [3.05, 3.63) is 16.9 Å². The normalized spacial score (nSPS) is 30.6. The number of rotatable bonds is 2. The number of hydrogen-bond acceptors (Lipinski definition) is 3. The van der Waals surface area contributed by atoms with Crippen molar-refractivity contribution >= 4 is 11.6 Å². The van der Waals surface area contributed by atoms with Gasteiger partial charge in [-0.1, -0.05) is 18.5 Å². The molecule has 0 aromatic carbocycles. The van der Waals surface area contributed by atoms with Crippen LogP contribution < -0.4 is 0 Å². The summed E-state index contributed by atoms with van der Waals surface area (Å²) < 4.78 is 7.22. The summed E-state index contributed by atoms with van der Waals surface area (Å²) in [5.74, 6) is 0. The summed E-state index contributed by atoms with van der Waals surface area (Å²) in [5, 5.41) is 15.3. The first kappa shape index (κ1) is 11.9. The van der Waals surface area contributed by atoms with E-state index < -0.39 is 5.60 Å². The molecule has 1 N–H and O–H groups in total. The van der Waals surface area contributed by atoms with Gasteiger partial charge in [0.1, 0.15) is 5.60 Å². The van der Waals surface area contributed by atoms with E-state index in [1.54, 1.807) is 17.9 Å². The van der Waals surface area contributed by atoms with Gasteiger partial charge in [-0.3, -0.25) is 4.68 Å². The standard InChI is InChI=1S/C11H17ClN2O2/c1-3-8-6-11(15,4-5-16-8)10-9(12)7-13-14(10)2/h7-8,15H,3-6H2,1-2H3. The molecule has 0 spiro atoms. The number of aliphatic hydroxyl groups is 1. The second-order valence-corrected chi connectivity index (χ2v) is 4.76. The minimum Gasteiger partial charge on any atom is -0.383 e. The van der Waals surface area contributed by atoms with Crippen molar-refractivity contribution in [3.8, 4) is 0 Å². The Morgan fingerprint density at radius 3 is 3.06 bits per heavy atom. The molecule has 0 radical (unpaired) electrons. The fourth-order valence-corrected chi connectivity index (χ4v) is 2.69. The van der Waals surface area contributed by atoms with Crippen LogP contribution >= 0.6 is 11.6 Å². The number of halogens is 1. The molecule has 1 aromatic heterocycles. The van der Waals surface area contributed by atoms with Gasteiger partial charge in [0.25, 0.3) is 0 Å². The second kappa shape index (κ2) is 4.35. The van der Waals surface area contributed by atoms with Crippen LogP contribution in [-0.2, 0) is 17.4 Å². The van der Waals surface area contributed by atoms with Gasteiger partial charge < -0.3 is 9.84 Å². The maximum Gasteiger partial charge on any atom is 0.112 e. The number of aryl methyl sites for hydroxylation is 1. The molecule has 0 amide bonds. The van der Waals surface area contributed by atoms with Gasteiger partial charge in [0, 0.05) is 19.9 Å². The molecule has 0 aliphatic carbocycles. The quantitative estimate of drug-likeness (QED) is 0.864. The molecule has 1 aliphatic rings. The van der Waals surface area contributed by atoms with E-state index in [0.29, 0.717) is 30.2 Å². The van der Waals surface area contributed by atoms with Gasteiger partial charge in [-0.2, -0.15) is 5.10 Å². The zero-order chi connectivity index (χ0) is 11.8. The van der Waals surface area contributed by atoms with E-state index in [9.17, 15) is 5.11 Å². The topological polar surface area (TPSA) is 47.3 Å². The lowest BCUT2D eigenvalue weighted by molar-refractivity contribution is -0.112. The summed E-state index contributed by atoms with van der Waals surface area (Å²) in [6.45, 7) is 2.62. The van der Waals surface area contributed by atoms with E-state index in [2.05, 4.69) is 12.0 Å². The summed E-state index contributed by atoms with van der Waals surface area (Å²) in [6.07, 6.45) is 3.74. The Labute approximate surface area is 100 Å². The van der Waals surface area contributed by atoms with Crippen molar-refractivity contribution in [2.45, 2.75) is 37.9 Å². The Balaban J connectivity index is 2.31. The van der Waals surface area contributed by atoms with Crippen LogP contribution in [-0.4, -0.2) is 27.6 Å². The molecule has 1 fully saturated rings. The highest BCUT2D eigenvalue weighted by atomic mass is 35.5. The predicted molar refractivity (Wildman–Crippen MR) is 61.4 cm³/mol. The number of aromatic nitrogens is 2. The zero-order valence-electron chi connectivity index (χ0n) is 9.61. The summed E-state index contributed by atoms with van der Waals surface area (Å²) in [4.78, 5) is 0. The Kier molecular flexibility index (Phi) is 3.24. The number of hydrogen-bond donors (Lipinski definition) is 1. The van der Waals surface area contributed by atoms with Crippen LogP contribution in [0.4, 0.5) is 0 Å². The van der Waals surface area contributed by atoms with E-state index in [1.165, 1.54) is 0 Å². The minimum absolute atomic E-state index is 0.102. The first-order valence-corrected chi connectivity index (χ1v) is 5.96. The highest BCUT2D eigenvalue weighted by molar-refractivity contribution is 6.31. The molecule has 5 heteroatoms. The lowest BCUT2D eigenvalue weighted by Gasteiger charge is -2.36. The largest absolute Gasteiger partial charge is 0.383 e. The number of nitrogens with zero attached hydrogens (tertiary/aromatic N) is 2. The van der Waals surface area contributed by atoms with Crippen LogP contribution in [0.15, 0.2) is 6.20 Å². The highest BCUT2D eigenvalue weighted by Crippen LogP contribution is 2.38. The van der Waals surface area contributed by atoms with E-state index in [4.69, 9.17) is 16.3 Å². The van der Waals surface area contributed by atoms with Crippen molar-refractivity contribution in [2.24, 2.45) is 7.05 Å². The minimum atomic E-state index is -0.902. The molecule has 2 unspecified atom stereocenters. The van der Waals surface area contributed by atoms with Gasteiger partial charge in [-0.05, 0) is 6.42 Å². The van der Waals surface area contributed by atoms with Crippen molar-refractivity contribution in [1.82, 2.24) is 9.78 Å². The van der Waals surface area contributed by atoms with E-state index in [1.807, 2.05) is 0 Å². The van der Waals surface area contributed by atoms with Crippen LogP contribution in [0.5, 0.6) is 0 Å². The SMILES string of the molecule is CCC1CC(O)(c2c(Cl)cnn2C)CCO1. The third-order valence-electron chi connectivity index (χ3n) is 3.22. The molecule has 16 heavy (non-hydrogen) atoms. The predicted octanol–water partition coefficient (Wildman–Crippen LogP) is 1.85. The van der Waals surface area contributed by atoms with Gasteiger partial charge in [-0.15, -0.1) is 0 Å². The molecular formula is C11H17ClN2O2. The van der Waals surface area contributed by atoms with Gasteiger partial charge in [0.05, 0.1) is 29.6 Å². The third-order valence-corrected chi connectivity index (χ3v) is 3.50. The maximum absolute atomic E-state index is 10.7. The molecule has 90 valence electrons. The molecule has 4 nitrogen and oxygen atoms in total. The fourth-order valence-electron chi connectivity index (χ4n) is 2.34. The van der Waals surface area contributed by atoms with Gasteiger partial charge in [0.2, 0.25) is 0 Å². The van der Waals surface area contributed by atoms with Crippen LogP contribution in [0.1, 0.15) is 31.9 Å². The van der Waals surface area contributed by atoms with Gasteiger partial charge >= 0.3 is 0 Å². The molecule has 0 saturated carbocycles. The van der Waals surface area contributed by atoms with Crippen molar-refractivity contribution in [3.63, 3.8) is 0 Å². The van der Waals surface area contributed by atoms with E-state index in [0.717, 1.165) is 6.42 Å². The summed E-state index contributed by atoms with van der Waals surface area (Å²) >= 11 is 6.07. The number of ether oxygens (including phenoxy) is 1. The smallest absolute Gasteiger partial charge is 0.112 e. The summed E-state index contributed by atoms with van der Waals surface area (Å²) in [7, 11) is 1.80. The second-order valence-electron chi connectivity index (χ2n) is 4.35. The zero-order valence-corrected chi connectivity index (χ0v) is 10.4. The van der Waals surface area contributed by atoms with Gasteiger partial charge in [0.15, 0.2) is 0 Å². The van der Waals surface area contributed by atoms with Crippen molar-refractivity contribution in [1.29, 1.82) is 0 Å². The Morgan fingerprint density at radius 2 is 2.50 bits per heavy atom. The molecule has 0 bridgehead atoms. The summed E-state index contributed by atoms with van der Waals surface area (Å²) in [5.41, 5.74) is -0.197. The third kappa shape index (κ3) is 1.97. The van der Waals surface area contributed by atoms with Crippen LogP contribution in [0.2, 0.25) is 5.02 Å². The highest BCUT2D eigenvalue weighted by Gasteiger charge is 2.39. The fraction of sp³-hybridized carbons (Fsp3) is 0.727. The van der Waals surface area contributed by atoms with Crippen LogP contribution in [0.25, 0.3) is 0 Å². The molecule has 1 aliphatic heterocycles. The Bertz CT molecular complexity index is 361.